The summed E-state index contributed by atoms with van der Waals surface area (Å²) in [6, 6.07) is 4.33. The van der Waals surface area contributed by atoms with E-state index >= 15 is 0 Å². The van der Waals surface area contributed by atoms with Crippen molar-refractivity contribution >= 4 is 12.6 Å². The van der Waals surface area contributed by atoms with Crippen LogP contribution < -0.4 is 5.46 Å². The molecule has 1 aliphatic heterocycles. The number of benzene rings is 1. The van der Waals surface area contributed by atoms with Crippen LogP contribution in [0.25, 0.3) is 0 Å². The molecule has 1 aromatic rings. The molecular weight excluding hydrogens is 268 g/mol. The van der Waals surface area contributed by atoms with Crippen LogP contribution in [-0.2, 0) is 6.54 Å². The lowest BCUT2D eigenvalue weighted by atomic mass is 9.79. The standard InChI is InChI=1S/C16H25BFNO2/c1-12(2)14-4-3-6-19(7-5-14)11-13-8-15(17(20)21)10-16(18)9-13/h8-10,12,14,20-21H,3-7,11H2,1-2H3. The maximum absolute atomic E-state index is 13.5. The molecule has 1 heterocycles. The smallest absolute Gasteiger partial charge is 0.423 e. The van der Waals surface area contributed by atoms with Crippen molar-refractivity contribution in [1.29, 1.82) is 0 Å². The Balaban J connectivity index is 2.01. The molecule has 0 radical (unpaired) electrons. The molecule has 1 saturated heterocycles. The van der Waals surface area contributed by atoms with Gasteiger partial charge < -0.3 is 10.0 Å². The third kappa shape index (κ3) is 4.80. The van der Waals surface area contributed by atoms with Gasteiger partial charge in [0.2, 0.25) is 0 Å². The van der Waals surface area contributed by atoms with Gasteiger partial charge in [0, 0.05) is 6.54 Å². The predicted molar refractivity (Wildman–Crippen MR) is 83.7 cm³/mol. The molecule has 1 aliphatic rings. The number of hydrogen-bond donors (Lipinski definition) is 2. The van der Waals surface area contributed by atoms with Crippen molar-refractivity contribution in [2.75, 3.05) is 13.1 Å². The van der Waals surface area contributed by atoms with Crippen molar-refractivity contribution in [3.05, 3.63) is 29.6 Å². The van der Waals surface area contributed by atoms with Crippen molar-refractivity contribution < 1.29 is 14.4 Å². The lowest BCUT2D eigenvalue weighted by Crippen LogP contribution is -2.31. The Bertz CT molecular complexity index is 468. The van der Waals surface area contributed by atoms with Crippen molar-refractivity contribution in [3.8, 4) is 0 Å². The monoisotopic (exact) mass is 293 g/mol. The molecule has 0 spiro atoms. The zero-order chi connectivity index (χ0) is 15.4. The van der Waals surface area contributed by atoms with Gasteiger partial charge in [0.25, 0.3) is 0 Å². The summed E-state index contributed by atoms with van der Waals surface area (Å²) in [4.78, 5) is 2.34. The molecule has 21 heavy (non-hydrogen) atoms. The first kappa shape index (κ1) is 16.5. The van der Waals surface area contributed by atoms with Gasteiger partial charge in [0.05, 0.1) is 0 Å². The number of halogens is 1. The van der Waals surface area contributed by atoms with Gasteiger partial charge >= 0.3 is 7.12 Å². The summed E-state index contributed by atoms with van der Waals surface area (Å²) < 4.78 is 13.5. The van der Waals surface area contributed by atoms with E-state index in [9.17, 15) is 14.4 Å². The summed E-state index contributed by atoms with van der Waals surface area (Å²) in [5.74, 6) is 1.08. The van der Waals surface area contributed by atoms with Crippen molar-refractivity contribution in [2.45, 2.75) is 39.7 Å². The first-order valence-electron chi connectivity index (χ1n) is 7.83. The highest BCUT2D eigenvalue weighted by Gasteiger charge is 2.20. The average molecular weight is 293 g/mol. The molecule has 0 saturated carbocycles. The van der Waals surface area contributed by atoms with Gasteiger partial charge in [-0.2, -0.15) is 0 Å². The predicted octanol–water partition coefficient (Wildman–Crippen LogP) is 1.76. The molecule has 0 aromatic heterocycles. The number of nitrogens with zero attached hydrogens (tertiary/aromatic N) is 1. The molecule has 1 aromatic carbocycles. The molecule has 2 N–H and O–H groups in total. The molecule has 1 unspecified atom stereocenters. The molecule has 5 heteroatoms. The van der Waals surface area contributed by atoms with Crippen LogP contribution in [0.1, 0.15) is 38.7 Å². The number of likely N-dealkylation sites (tertiary alicyclic amines) is 1. The summed E-state index contributed by atoms with van der Waals surface area (Å²) in [5, 5.41) is 18.4. The Morgan fingerprint density at radius 1 is 1.24 bits per heavy atom. The Labute approximate surface area is 126 Å². The quantitative estimate of drug-likeness (QED) is 0.832. The Hall–Kier alpha value is -0.905. The topological polar surface area (TPSA) is 43.7 Å². The minimum absolute atomic E-state index is 0.222. The summed E-state index contributed by atoms with van der Waals surface area (Å²) >= 11 is 0. The molecule has 0 bridgehead atoms. The second-order valence-electron chi connectivity index (χ2n) is 6.48. The van der Waals surface area contributed by atoms with Crippen LogP contribution in [0.15, 0.2) is 18.2 Å². The third-order valence-electron chi connectivity index (χ3n) is 4.49. The summed E-state index contributed by atoms with van der Waals surface area (Å²) in [5.41, 5.74) is 1.03. The van der Waals surface area contributed by atoms with Crippen LogP contribution in [0, 0.1) is 17.7 Å². The molecule has 2 rings (SSSR count). The molecule has 1 atom stereocenters. The van der Waals surface area contributed by atoms with Gasteiger partial charge in [-0.15, -0.1) is 0 Å². The van der Waals surface area contributed by atoms with Crippen LogP contribution in [0.5, 0.6) is 0 Å². The number of hydrogen-bond acceptors (Lipinski definition) is 3. The fraction of sp³-hybridized carbons (Fsp3) is 0.625. The van der Waals surface area contributed by atoms with Crippen LogP contribution in [0.4, 0.5) is 4.39 Å². The summed E-state index contributed by atoms with van der Waals surface area (Å²) in [6.45, 7) is 7.28. The molecule has 116 valence electrons. The Morgan fingerprint density at radius 3 is 2.67 bits per heavy atom. The van der Waals surface area contributed by atoms with E-state index in [1.807, 2.05) is 0 Å². The van der Waals surface area contributed by atoms with E-state index in [1.165, 1.54) is 31.4 Å². The summed E-state index contributed by atoms with van der Waals surface area (Å²) in [7, 11) is -1.62. The fourth-order valence-corrected chi connectivity index (χ4v) is 3.18. The maximum Gasteiger partial charge on any atom is 0.488 e. The van der Waals surface area contributed by atoms with Crippen LogP contribution in [0.2, 0.25) is 0 Å². The lowest BCUT2D eigenvalue weighted by molar-refractivity contribution is 0.264. The van der Waals surface area contributed by atoms with E-state index in [-0.39, 0.29) is 5.46 Å². The van der Waals surface area contributed by atoms with E-state index in [1.54, 1.807) is 6.07 Å². The molecule has 3 nitrogen and oxygen atoms in total. The first-order valence-corrected chi connectivity index (χ1v) is 7.83. The van der Waals surface area contributed by atoms with Gasteiger partial charge in [0.1, 0.15) is 5.82 Å². The normalized spacial score (nSPS) is 20.6. The lowest BCUT2D eigenvalue weighted by Gasteiger charge is -2.21. The second-order valence-corrected chi connectivity index (χ2v) is 6.48. The van der Waals surface area contributed by atoms with E-state index < -0.39 is 12.9 Å². The SMILES string of the molecule is CC(C)C1CCCN(Cc2cc(F)cc(B(O)O)c2)CC1. The highest BCUT2D eigenvalue weighted by atomic mass is 19.1. The molecule has 0 aliphatic carbocycles. The van der Waals surface area contributed by atoms with Crippen LogP contribution in [-0.4, -0.2) is 35.2 Å². The van der Waals surface area contributed by atoms with E-state index in [2.05, 4.69) is 18.7 Å². The minimum Gasteiger partial charge on any atom is -0.423 e. The minimum atomic E-state index is -1.62. The van der Waals surface area contributed by atoms with Crippen molar-refractivity contribution in [1.82, 2.24) is 4.90 Å². The zero-order valence-electron chi connectivity index (χ0n) is 12.9. The van der Waals surface area contributed by atoms with Gasteiger partial charge in [0.15, 0.2) is 0 Å². The van der Waals surface area contributed by atoms with Crippen LogP contribution in [0.3, 0.4) is 0 Å². The maximum atomic E-state index is 13.5. The van der Waals surface area contributed by atoms with Gasteiger partial charge in [-0.1, -0.05) is 19.9 Å². The van der Waals surface area contributed by atoms with E-state index in [0.29, 0.717) is 6.54 Å². The average Bonchev–Trinajstić information content (AvgIpc) is 2.63. The van der Waals surface area contributed by atoms with Crippen molar-refractivity contribution in [3.63, 3.8) is 0 Å². The van der Waals surface area contributed by atoms with Gasteiger partial charge in [-0.05, 0) is 67.3 Å². The fourth-order valence-electron chi connectivity index (χ4n) is 3.18. The molecule has 0 amide bonds. The molecular formula is C16H25BFNO2. The highest BCUT2D eigenvalue weighted by Crippen LogP contribution is 2.25. The van der Waals surface area contributed by atoms with Gasteiger partial charge in [-0.3, -0.25) is 4.90 Å². The van der Waals surface area contributed by atoms with E-state index in [4.69, 9.17) is 0 Å². The Morgan fingerprint density at radius 2 is 2.00 bits per heavy atom. The highest BCUT2D eigenvalue weighted by molar-refractivity contribution is 6.58. The van der Waals surface area contributed by atoms with Gasteiger partial charge in [-0.25, -0.2) is 4.39 Å². The first-order chi connectivity index (χ1) is 9.95. The van der Waals surface area contributed by atoms with Crippen molar-refractivity contribution in [2.24, 2.45) is 11.8 Å². The third-order valence-corrected chi connectivity index (χ3v) is 4.49. The van der Waals surface area contributed by atoms with E-state index in [0.717, 1.165) is 30.5 Å². The zero-order valence-corrected chi connectivity index (χ0v) is 12.9. The Kier molecular flexibility index (Phi) is 5.79. The summed E-state index contributed by atoms with van der Waals surface area (Å²) in [6.07, 6.45) is 3.62. The second kappa shape index (κ2) is 7.39. The van der Waals surface area contributed by atoms with Crippen LogP contribution >= 0.6 is 0 Å². The largest absolute Gasteiger partial charge is 0.488 e. The molecule has 1 fully saturated rings. The number of rotatable bonds is 4.